The van der Waals surface area contributed by atoms with E-state index in [-0.39, 0.29) is 5.91 Å². The van der Waals surface area contributed by atoms with E-state index in [0.29, 0.717) is 12.5 Å². The summed E-state index contributed by atoms with van der Waals surface area (Å²) >= 11 is 0. The number of carbonyl (C=O) groups excluding carboxylic acids is 1. The van der Waals surface area contributed by atoms with E-state index in [0.717, 1.165) is 43.9 Å². The molecule has 2 aromatic carbocycles. The molecule has 138 valence electrons. The summed E-state index contributed by atoms with van der Waals surface area (Å²) in [4.78, 5) is 17.0. The molecule has 1 amide bonds. The van der Waals surface area contributed by atoms with Crippen LogP contribution < -0.4 is 9.64 Å². The molecule has 0 atom stereocenters. The molecule has 0 bridgehead atoms. The van der Waals surface area contributed by atoms with Gasteiger partial charge in [0.2, 0.25) is 0 Å². The number of nitrogens with zero attached hydrogens (tertiary/aromatic N) is 2. The Morgan fingerprint density at radius 1 is 0.962 bits per heavy atom. The van der Waals surface area contributed by atoms with E-state index in [1.165, 1.54) is 5.69 Å². The average molecular weight is 352 g/mol. The zero-order chi connectivity index (χ0) is 18.4. The maximum Gasteiger partial charge on any atom is 0.253 e. The van der Waals surface area contributed by atoms with Gasteiger partial charge >= 0.3 is 0 Å². The Labute approximate surface area is 156 Å². The van der Waals surface area contributed by atoms with E-state index in [1.807, 2.05) is 35.2 Å². The van der Waals surface area contributed by atoms with Crippen molar-refractivity contribution >= 4 is 11.6 Å². The first-order valence-electron chi connectivity index (χ1n) is 9.45. The van der Waals surface area contributed by atoms with Crippen LogP contribution in [0.4, 0.5) is 5.69 Å². The highest BCUT2D eigenvalue weighted by molar-refractivity contribution is 5.94. The van der Waals surface area contributed by atoms with Gasteiger partial charge < -0.3 is 14.5 Å². The summed E-state index contributed by atoms with van der Waals surface area (Å²) in [6, 6.07) is 17.9. The Hall–Kier alpha value is -2.49. The number of carbonyl (C=O) groups is 1. The van der Waals surface area contributed by atoms with Gasteiger partial charge in [0.15, 0.2) is 0 Å². The molecule has 26 heavy (non-hydrogen) atoms. The van der Waals surface area contributed by atoms with Crippen molar-refractivity contribution in [2.75, 3.05) is 37.7 Å². The fourth-order valence-electron chi connectivity index (χ4n) is 3.10. The van der Waals surface area contributed by atoms with Crippen LogP contribution in [-0.2, 0) is 0 Å². The Kier molecular flexibility index (Phi) is 6.16. The number of anilines is 1. The highest BCUT2D eigenvalue weighted by Crippen LogP contribution is 2.18. The quantitative estimate of drug-likeness (QED) is 0.785. The zero-order valence-corrected chi connectivity index (χ0v) is 15.7. The van der Waals surface area contributed by atoms with Crippen molar-refractivity contribution in [1.82, 2.24) is 4.90 Å². The average Bonchev–Trinajstić information content (AvgIpc) is 2.68. The lowest BCUT2D eigenvalue weighted by Crippen LogP contribution is -2.48. The molecule has 2 aromatic rings. The van der Waals surface area contributed by atoms with Crippen molar-refractivity contribution < 1.29 is 9.53 Å². The smallest absolute Gasteiger partial charge is 0.253 e. The van der Waals surface area contributed by atoms with Crippen molar-refractivity contribution in [2.24, 2.45) is 5.92 Å². The van der Waals surface area contributed by atoms with E-state index in [2.05, 4.69) is 43.0 Å². The lowest BCUT2D eigenvalue weighted by Gasteiger charge is -2.36. The van der Waals surface area contributed by atoms with Crippen LogP contribution in [0.25, 0.3) is 0 Å². The van der Waals surface area contributed by atoms with Crippen molar-refractivity contribution in [3.63, 3.8) is 0 Å². The molecule has 1 heterocycles. The third-order valence-electron chi connectivity index (χ3n) is 4.75. The molecule has 0 aromatic heterocycles. The molecule has 0 radical (unpaired) electrons. The minimum atomic E-state index is 0.103. The van der Waals surface area contributed by atoms with Gasteiger partial charge in [-0.25, -0.2) is 0 Å². The highest BCUT2D eigenvalue weighted by atomic mass is 16.5. The number of benzene rings is 2. The molecule has 1 aliphatic rings. The van der Waals surface area contributed by atoms with Crippen LogP contribution in [0.5, 0.6) is 5.75 Å². The van der Waals surface area contributed by atoms with Gasteiger partial charge in [-0.1, -0.05) is 32.0 Å². The monoisotopic (exact) mass is 352 g/mol. The fraction of sp³-hybridized carbons (Fsp3) is 0.409. The standard InChI is InChI=1S/C22H28N2O2/c1-18(2)12-17-26-21-10-8-19(9-11-21)22(25)24-15-13-23(14-16-24)20-6-4-3-5-7-20/h3-11,18H,12-17H2,1-2H3. The van der Waals surface area contributed by atoms with Gasteiger partial charge in [0.25, 0.3) is 5.91 Å². The number of amides is 1. The predicted molar refractivity (Wildman–Crippen MR) is 106 cm³/mol. The molecule has 1 saturated heterocycles. The number of hydrogen-bond donors (Lipinski definition) is 0. The van der Waals surface area contributed by atoms with Crippen LogP contribution in [0.2, 0.25) is 0 Å². The van der Waals surface area contributed by atoms with Crippen LogP contribution in [0, 0.1) is 5.92 Å². The minimum absolute atomic E-state index is 0.103. The normalized spacial score (nSPS) is 14.6. The summed E-state index contributed by atoms with van der Waals surface area (Å²) in [5.74, 6) is 1.56. The van der Waals surface area contributed by atoms with Crippen LogP contribution in [0.1, 0.15) is 30.6 Å². The summed E-state index contributed by atoms with van der Waals surface area (Å²) in [6.07, 6.45) is 1.03. The third-order valence-corrected chi connectivity index (χ3v) is 4.75. The molecule has 3 rings (SSSR count). The second kappa shape index (κ2) is 8.75. The van der Waals surface area contributed by atoms with Crippen molar-refractivity contribution in [3.05, 3.63) is 60.2 Å². The fourth-order valence-corrected chi connectivity index (χ4v) is 3.10. The predicted octanol–water partition coefficient (Wildman–Crippen LogP) is 4.07. The van der Waals surface area contributed by atoms with Crippen molar-refractivity contribution in [1.29, 1.82) is 0 Å². The van der Waals surface area contributed by atoms with Crippen LogP contribution in [0.3, 0.4) is 0 Å². The van der Waals surface area contributed by atoms with Crippen LogP contribution >= 0.6 is 0 Å². The van der Waals surface area contributed by atoms with Crippen LogP contribution in [0.15, 0.2) is 54.6 Å². The Balaban J connectivity index is 1.52. The lowest BCUT2D eigenvalue weighted by atomic mass is 10.1. The molecule has 0 unspecified atom stereocenters. The zero-order valence-electron chi connectivity index (χ0n) is 15.7. The first-order chi connectivity index (χ1) is 12.6. The Morgan fingerprint density at radius 2 is 1.62 bits per heavy atom. The molecule has 0 N–H and O–H groups in total. The van der Waals surface area contributed by atoms with Gasteiger partial charge in [0, 0.05) is 37.4 Å². The van der Waals surface area contributed by atoms with E-state index >= 15 is 0 Å². The third kappa shape index (κ3) is 4.78. The second-order valence-corrected chi connectivity index (χ2v) is 7.17. The highest BCUT2D eigenvalue weighted by Gasteiger charge is 2.22. The molecule has 4 nitrogen and oxygen atoms in total. The first kappa shape index (κ1) is 18.3. The molecule has 0 aliphatic carbocycles. The van der Waals surface area contributed by atoms with Gasteiger partial charge in [-0.3, -0.25) is 4.79 Å². The number of hydrogen-bond acceptors (Lipinski definition) is 3. The SMILES string of the molecule is CC(C)CCOc1ccc(C(=O)N2CCN(c3ccccc3)CC2)cc1. The molecule has 1 aliphatic heterocycles. The van der Waals surface area contributed by atoms with E-state index in [1.54, 1.807) is 0 Å². The lowest BCUT2D eigenvalue weighted by molar-refractivity contribution is 0.0747. The van der Waals surface area contributed by atoms with E-state index in [4.69, 9.17) is 4.74 Å². The van der Waals surface area contributed by atoms with Gasteiger partial charge in [-0.2, -0.15) is 0 Å². The molecule has 1 fully saturated rings. The van der Waals surface area contributed by atoms with E-state index in [9.17, 15) is 4.79 Å². The van der Waals surface area contributed by atoms with Gasteiger partial charge in [-0.15, -0.1) is 0 Å². The molecular formula is C22H28N2O2. The summed E-state index contributed by atoms with van der Waals surface area (Å²) in [5, 5.41) is 0. The van der Waals surface area contributed by atoms with Gasteiger partial charge in [0.05, 0.1) is 6.61 Å². The number of rotatable bonds is 6. The van der Waals surface area contributed by atoms with Crippen LogP contribution in [-0.4, -0.2) is 43.6 Å². The maximum atomic E-state index is 12.7. The summed E-state index contributed by atoms with van der Waals surface area (Å²) in [5.41, 5.74) is 1.96. The number of piperazine rings is 1. The van der Waals surface area contributed by atoms with Gasteiger partial charge in [0.1, 0.15) is 5.75 Å². The molecule has 4 heteroatoms. The maximum absolute atomic E-state index is 12.7. The number of para-hydroxylation sites is 1. The summed E-state index contributed by atoms with van der Waals surface area (Å²) < 4.78 is 5.73. The second-order valence-electron chi connectivity index (χ2n) is 7.17. The first-order valence-corrected chi connectivity index (χ1v) is 9.45. The summed E-state index contributed by atoms with van der Waals surface area (Å²) in [7, 11) is 0. The van der Waals surface area contributed by atoms with Gasteiger partial charge in [-0.05, 0) is 48.7 Å². The molecular weight excluding hydrogens is 324 g/mol. The molecule has 0 saturated carbocycles. The largest absolute Gasteiger partial charge is 0.494 e. The van der Waals surface area contributed by atoms with Crippen molar-refractivity contribution in [3.8, 4) is 5.75 Å². The molecule has 0 spiro atoms. The van der Waals surface area contributed by atoms with Crippen molar-refractivity contribution in [2.45, 2.75) is 20.3 Å². The van der Waals surface area contributed by atoms with E-state index < -0.39 is 0 Å². The summed E-state index contributed by atoms with van der Waals surface area (Å²) in [6.45, 7) is 8.32. The number of ether oxygens (including phenoxy) is 1. The Morgan fingerprint density at radius 3 is 2.23 bits per heavy atom. The Bertz CT molecular complexity index is 690. The minimum Gasteiger partial charge on any atom is -0.494 e. The topological polar surface area (TPSA) is 32.8 Å².